The van der Waals surface area contributed by atoms with E-state index in [1.807, 2.05) is 18.4 Å². The summed E-state index contributed by atoms with van der Waals surface area (Å²) in [5, 5.41) is 0.452. The van der Waals surface area contributed by atoms with Crippen LogP contribution in [-0.2, 0) is 37.1 Å². The Morgan fingerprint density at radius 2 is 1.81 bits per heavy atom. The molecule has 0 radical (unpaired) electrons. The van der Waals surface area contributed by atoms with Crippen molar-refractivity contribution in [3.63, 3.8) is 0 Å². The van der Waals surface area contributed by atoms with Crippen molar-refractivity contribution in [3.8, 4) is 0 Å². The first kappa shape index (κ1) is 23.3. The van der Waals surface area contributed by atoms with Gasteiger partial charge in [-0.05, 0) is 44.5 Å². The van der Waals surface area contributed by atoms with E-state index in [9.17, 15) is 14.4 Å². The minimum Gasteiger partial charge on any atom is -0.454 e. The quantitative estimate of drug-likeness (QED) is 0.516. The van der Waals surface area contributed by atoms with E-state index in [2.05, 4.69) is 4.98 Å². The second-order valence-electron chi connectivity index (χ2n) is 7.63. The molecule has 2 aromatic rings. The molecule has 2 aromatic heterocycles. The van der Waals surface area contributed by atoms with Gasteiger partial charge in [-0.1, -0.05) is 12.8 Å². The Labute approximate surface area is 185 Å². The lowest BCUT2D eigenvalue weighted by atomic mass is 10.1. The summed E-state index contributed by atoms with van der Waals surface area (Å²) in [4.78, 5) is 41.0. The van der Waals surface area contributed by atoms with Crippen LogP contribution in [-0.4, -0.2) is 44.7 Å². The Morgan fingerprint density at radius 1 is 1.10 bits per heavy atom. The van der Waals surface area contributed by atoms with Crippen LogP contribution in [0.15, 0.2) is 22.2 Å². The summed E-state index contributed by atoms with van der Waals surface area (Å²) in [5.41, 5.74) is 0.602. The Balaban J connectivity index is 1.91. The van der Waals surface area contributed by atoms with E-state index in [4.69, 9.17) is 14.2 Å². The fraction of sp³-hybridized carbons (Fsp3) is 0.619. The molecule has 0 saturated carbocycles. The molecule has 9 nitrogen and oxygen atoms in total. The first-order valence-corrected chi connectivity index (χ1v) is 11.6. The molecule has 0 aromatic carbocycles. The van der Waals surface area contributed by atoms with E-state index < -0.39 is 5.56 Å². The monoisotopic (exact) mass is 451 g/mol. The number of ether oxygens (including phenoxy) is 3. The third-order valence-electron chi connectivity index (χ3n) is 4.91. The van der Waals surface area contributed by atoms with E-state index >= 15 is 0 Å². The van der Waals surface area contributed by atoms with Gasteiger partial charge in [0.05, 0.1) is 18.2 Å². The standard InChI is InChI=1S/C21H29N3O6S/c1-15(2)28-12-11-24-16-9-10-23-13-29-17(25)7-5-3-4-6-8-18(26)30-14-31-21(24)22-20(27)19(16)23/h9-10,15H,3-8,11-14H2,1-2H3. The molecule has 0 unspecified atom stereocenters. The molecule has 0 saturated heterocycles. The van der Waals surface area contributed by atoms with Gasteiger partial charge in [0, 0.05) is 25.6 Å². The smallest absolute Gasteiger partial charge is 0.307 e. The Kier molecular flexibility index (Phi) is 8.53. The van der Waals surface area contributed by atoms with E-state index in [0.29, 0.717) is 55.0 Å². The fourth-order valence-corrected chi connectivity index (χ4v) is 4.14. The highest BCUT2D eigenvalue weighted by Crippen LogP contribution is 2.22. The molecular weight excluding hydrogens is 422 g/mol. The molecule has 0 aliphatic carbocycles. The zero-order chi connectivity index (χ0) is 22.2. The molecule has 2 aliphatic rings. The molecule has 0 amide bonds. The molecule has 0 N–H and O–H groups in total. The SMILES string of the molecule is CC(C)OCCn1c2nc(=O)c3c1ccn3COC(=O)CCCCCCC(=O)OCS2. The highest BCUT2D eigenvalue weighted by molar-refractivity contribution is 7.99. The average Bonchev–Trinajstić information content (AvgIpc) is 3.15. The molecule has 2 aliphatic heterocycles. The second kappa shape index (κ2) is 11.3. The van der Waals surface area contributed by atoms with Crippen LogP contribution in [0, 0.1) is 0 Å². The summed E-state index contributed by atoms with van der Waals surface area (Å²) in [6, 6.07) is 1.80. The summed E-state index contributed by atoms with van der Waals surface area (Å²) in [6.07, 6.45) is 5.53. The summed E-state index contributed by atoms with van der Waals surface area (Å²) >= 11 is 1.20. The topological polar surface area (TPSA) is 102 Å². The number of carbonyl (C=O) groups is 2. The number of hydrogen-bond acceptors (Lipinski definition) is 8. The van der Waals surface area contributed by atoms with Crippen molar-refractivity contribution < 1.29 is 23.8 Å². The molecule has 10 heteroatoms. The van der Waals surface area contributed by atoms with E-state index in [1.165, 1.54) is 11.8 Å². The van der Waals surface area contributed by atoms with Crippen LogP contribution in [0.4, 0.5) is 0 Å². The van der Waals surface area contributed by atoms with Crippen LogP contribution in [0.3, 0.4) is 0 Å². The summed E-state index contributed by atoms with van der Waals surface area (Å²) in [5.74, 6) is -0.509. The predicted molar refractivity (Wildman–Crippen MR) is 116 cm³/mol. The lowest BCUT2D eigenvalue weighted by molar-refractivity contribution is -0.147. The molecular formula is C21H29N3O6S. The highest BCUT2D eigenvalue weighted by atomic mass is 32.2. The first-order valence-electron chi connectivity index (χ1n) is 10.6. The van der Waals surface area contributed by atoms with Gasteiger partial charge in [0.2, 0.25) is 0 Å². The van der Waals surface area contributed by atoms with Crippen molar-refractivity contribution in [3.05, 3.63) is 22.6 Å². The van der Waals surface area contributed by atoms with E-state index in [1.54, 1.807) is 16.8 Å². The van der Waals surface area contributed by atoms with Crippen LogP contribution in [0.2, 0.25) is 0 Å². The van der Waals surface area contributed by atoms with Crippen molar-refractivity contribution in [1.29, 1.82) is 0 Å². The maximum atomic E-state index is 12.8. The van der Waals surface area contributed by atoms with Crippen molar-refractivity contribution >= 4 is 34.7 Å². The zero-order valence-corrected chi connectivity index (χ0v) is 18.8. The number of aromatic nitrogens is 3. The number of esters is 2. The molecule has 170 valence electrons. The van der Waals surface area contributed by atoms with Gasteiger partial charge < -0.3 is 23.3 Å². The van der Waals surface area contributed by atoms with Crippen LogP contribution < -0.4 is 5.56 Å². The third kappa shape index (κ3) is 6.57. The molecule has 0 fully saturated rings. The Bertz CT molecular complexity index is 968. The maximum absolute atomic E-state index is 12.8. The maximum Gasteiger partial charge on any atom is 0.307 e. The normalized spacial score (nSPS) is 17.0. The third-order valence-corrected chi connectivity index (χ3v) is 5.72. The number of thioether (sulfide) groups is 1. The average molecular weight is 452 g/mol. The van der Waals surface area contributed by atoms with Gasteiger partial charge in [0.25, 0.3) is 5.56 Å². The zero-order valence-electron chi connectivity index (χ0n) is 18.0. The molecule has 4 heterocycles. The molecule has 0 atom stereocenters. The summed E-state index contributed by atoms with van der Waals surface area (Å²) < 4.78 is 19.8. The van der Waals surface area contributed by atoms with Gasteiger partial charge >= 0.3 is 11.9 Å². The highest BCUT2D eigenvalue weighted by Gasteiger charge is 2.17. The number of rotatable bonds is 4. The summed E-state index contributed by atoms with van der Waals surface area (Å²) in [7, 11) is 0. The number of hydrogen-bond donors (Lipinski definition) is 0. The van der Waals surface area contributed by atoms with Gasteiger partial charge in [0.1, 0.15) is 11.5 Å². The second-order valence-corrected chi connectivity index (χ2v) is 8.52. The number of nitrogens with zero attached hydrogens (tertiary/aromatic N) is 3. The molecule has 31 heavy (non-hydrogen) atoms. The lowest BCUT2D eigenvalue weighted by Crippen LogP contribution is -2.21. The van der Waals surface area contributed by atoms with Gasteiger partial charge in [-0.15, -0.1) is 0 Å². The largest absolute Gasteiger partial charge is 0.454 e. The fourth-order valence-electron chi connectivity index (χ4n) is 3.35. The van der Waals surface area contributed by atoms with E-state index in [0.717, 1.165) is 12.8 Å². The van der Waals surface area contributed by atoms with Crippen molar-refractivity contribution in [2.75, 3.05) is 12.5 Å². The van der Waals surface area contributed by atoms with Gasteiger partial charge in [-0.3, -0.25) is 14.4 Å². The molecule has 0 spiro atoms. The van der Waals surface area contributed by atoms with Crippen molar-refractivity contribution in [2.24, 2.45) is 0 Å². The van der Waals surface area contributed by atoms with Gasteiger partial charge in [0.15, 0.2) is 11.9 Å². The van der Waals surface area contributed by atoms with E-state index in [-0.39, 0.29) is 30.7 Å². The van der Waals surface area contributed by atoms with Crippen LogP contribution in [0.25, 0.3) is 11.0 Å². The Hall–Kier alpha value is -2.33. The van der Waals surface area contributed by atoms with Crippen LogP contribution in [0.1, 0.15) is 52.4 Å². The van der Waals surface area contributed by atoms with Crippen molar-refractivity contribution in [1.82, 2.24) is 14.1 Å². The minimum absolute atomic E-state index is 0.0359. The van der Waals surface area contributed by atoms with Crippen molar-refractivity contribution in [2.45, 2.75) is 76.9 Å². The van der Waals surface area contributed by atoms with Gasteiger partial charge in [-0.2, -0.15) is 4.98 Å². The van der Waals surface area contributed by atoms with Crippen LogP contribution >= 0.6 is 11.8 Å². The molecule has 4 bridgehead atoms. The first-order chi connectivity index (χ1) is 15.0. The van der Waals surface area contributed by atoms with Crippen LogP contribution in [0.5, 0.6) is 0 Å². The number of carbonyl (C=O) groups excluding carboxylic acids is 2. The minimum atomic E-state index is -0.424. The predicted octanol–water partition coefficient (Wildman–Crippen LogP) is 3.07. The Morgan fingerprint density at radius 3 is 2.52 bits per heavy atom. The van der Waals surface area contributed by atoms with Gasteiger partial charge in [-0.25, -0.2) is 0 Å². The number of fused-ring (bicyclic) bond motifs is 13. The summed E-state index contributed by atoms with van der Waals surface area (Å²) in [6.45, 7) is 4.78. The lowest BCUT2D eigenvalue weighted by Gasteiger charge is -2.16. The molecule has 4 rings (SSSR count).